The summed E-state index contributed by atoms with van der Waals surface area (Å²) in [5.41, 5.74) is 1.84. The molecule has 2 amide bonds. The van der Waals surface area contributed by atoms with Gasteiger partial charge in [0.05, 0.1) is 23.2 Å². The van der Waals surface area contributed by atoms with Crippen molar-refractivity contribution in [2.75, 3.05) is 4.90 Å². The fourth-order valence-corrected chi connectivity index (χ4v) is 4.07. The lowest BCUT2D eigenvalue weighted by atomic mass is 9.85. The molecule has 5 nitrogen and oxygen atoms in total. The molecule has 2 aliphatic carbocycles. The first-order chi connectivity index (χ1) is 10.6. The third kappa shape index (κ3) is 1.62. The van der Waals surface area contributed by atoms with Gasteiger partial charge >= 0.3 is 0 Å². The molecule has 0 radical (unpaired) electrons. The largest absolute Gasteiger partial charge is 0.411 e. The Balaban J connectivity index is 1.67. The summed E-state index contributed by atoms with van der Waals surface area (Å²) in [5.74, 6) is -0.0656. The third-order valence-corrected chi connectivity index (χ3v) is 5.16. The Morgan fingerprint density at radius 2 is 1.64 bits per heavy atom. The van der Waals surface area contributed by atoms with Crippen molar-refractivity contribution in [3.05, 3.63) is 42.0 Å². The highest BCUT2D eigenvalue weighted by Gasteiger charge is 2.59. The summed E-state index contributed by atoms with van der Waals surface area (Å²) in [6, 6.07) is 6.98. The molecule has 22 heavy (non-hydrogen) atoms. The highest BCUT2D eigenvalue weighted by molar-refractivity contribution is 6.22. The molecule has 3 aliphatic rings. The number of benzene rings is 1. The Hall–Kier alpha value is -2.43. The molecule has 5 heteroatoms. The summed E-state index contributed by atoms with van der Waals surface area (Å²) in [6.07, 6.45) is 5.11. The Morgan fingerprint density at radius 3 is 2.14 bits per heavy atom. The van der Waals surface area contributed by atoms with Crippen LogP contribution in [0.1, 0.15) is 18.9 Å². The molecule has 0 spiro atoms. The number of nitrogens with zero attached hydrogens (tertiary/aromatic N) is 2. The van der Waals surface area contributed by atoms with Crippen LogP contribution in [0.15, 0.2) is 41.6 Å². The first-order valence-corrected chi connectivity index (χ1v) is 7.47. The van der Waals surface area contributed by atoms with Crippen LogP contribution in [0.2, 0.25) is 0 Å². The number of carbonyl (C=O) groups is 2. The van der Waals surface area contributed by atoms with E-state index in [1.807, 2.05) is 0 Å². The van der Waals surface area contributed by atoms with Crippen LogP contribution in [0.5, 0.6) is 0 Å². The number of allylic oxidation sites excluding steroid dienone is 2. The van der Waals surface area contributed by atoms with Crippen molar-refractivity contribution in [3.8, 4) is 0 Å². The number of carbonyl (C=O) groups excluding carboxylic acids is 2. The molecule has 1 heterocycles. The van der Waals surface area contributed by atoms with Crippen molar-refractivity contribution in [1.82, 2.24) is 0 Å². The van der Waals surface area contributed by atoms with Crippen LogP contribution >= 0.6 is 0 Å². The first kappa shape index (κ1) is 13.2. The number of rotatable bonds is 2. The number of hydrogen-bond acceptors (Lipinski definition) is 4. The average Bonchev–Trinajstić information content (AvgIpc) is 3.21. The van der Waals surface area contributed by atoms with Crippen LogP contribution in [0.4, 0.5) is 5.69 Å². The molecule has 4 rings (SSSR count). The van der Waals surface area contributed by atoms with Gasteiger partial charge in [-0.05, 0) is 42.9 Å². The maximum Gasteiger partial charge on any atom is 0.238 e. The number of anilines is 1. The van der Waals surface area contributed by atoms with E-state index in [2.05, 4.69) is 17.3 Å². The van der Waals surface area contributed by atoms with Crippen molar-refractivity contribution in [3.63, 3.8) is 0 Å². The minimum Gasteiger partial charge on any atom is -0.411 e. The third-order valence-electron chi connectivity index (χ3n) is 5.16. The fraction of sp³-hybridized carbons (Fsp3) is 0.353. The van der Waals surface area contributed by atoms with Gasteiger partial charge in [-0.3, -0.25) is 14.5 Å². The second-order valence-corrected chi connectivity index (χ2v) is 6.24. The molecular weight excluding hydrogens is 280 g/mol. The summed E-state index contributed by atoms with van der Waals surface area (Å²) in [4.78, 5) is 26.7. The lowest BCUT2D eigenvalue weighted by Crippen LogP contribution is -2.32. The molecule has 112 valence electrons. The molecule has 1 aromatic rings. The Morgan fingerprint density at radius 1 is 1.09 bits per heavy atom. The second-order valence-electron chi connectivity index (χ2n) is 6.24. The van der Waals surface area contributed by atoms with Gasteiger partial charge in [-0.25, -0.2) is 0 Å². The van der Waals surface area contributed by atoms with Crippen LogP contribution in [0.3, 0.4) is 0 Å². The molecular formula is C17H16N2O3. The van der Waals surface area contributed by atoms with E-state index in [0.29, 0.717) is 11.4 Å². The van der Waals surface area contributed by atoms with Gasteiger partial charge in [-0.15, -0.1) is 0 Å². The molecule has 2 fully saturated rings. The van der Waals surface area contributed by atoms with Gasteiger partial charge in [-0.2, -0.15) is 0 Å². The molecule has 1 N–H and O–H groups in total. The summed E-state index contributed by atoms with van der Waals surface area (Å²) in [6.45, 7) is 1.69. The van der Waals surface area contributed by atoms with E-state index in [4.69, 9.17) is 5.21 Å². The molecule has 1 saturated carbocycles. The predicted octanol–water partition coefficient (Wildman–Crippen LogP) is 2.20. The van der Waals surface area contributed by atoms with Gasteiger partial charge in [0.25, 0.3) is 0 Å². The molecule has 1 aromatic carbocycles. The summed E-state index contributed by atoms with van der Waals surface area (Å²) in [5, 5.41) is 11.9. The lowest BCUT2D eigenvalue weighted by Gasteiger charge is -2.17. The zero-order valence-corrected chi connectivity index (χ0v) is 12.1. The molecule has 0 aromatic heterocycles. The summed E-state index contributed by atoms with van der Waals surface area (Å²) < 4.78 is 0. The molecule has 1 aliphatic heterocycles. The van der Waals surface area contributed by atoms with Gasteiger partial charge in [0, 0.05) is 0 Å². The van der Waals surface area contributed by atoms with Crippen molar-refractivity contribution in [2.24, 2.45) is 28.8 Å². The molecule has 1 saturated heterocycles. The van der Waals surface area contributed by atoms with Gasteiger partial charge in [0.1, 0.15) is 0 Å². The van der Waals surface area contributed by atoms with Crippen molar-refractivity contribution in [1.29, 1.82) is 0 Å². The van der Waals surface area contributed by atoms with E-state index < -0.39 is 0 Å². The van der Waals surface area contributed by atoms with E-state index in [0.717, 1.165) is 12.0 Å². The van der Waals surface area contributed by atoms with Gasteiger partial charge in [0.2, 0.25) is 11.8 Å². The highest BCUT2D eigenvalue weighted by atomic mass is 16.4. The quantitative estimate of drug-likeness (QED) is 0.299. The maximum atomic E-state index is 12.7. The van der Waals surface area contributed by atoms with Crippen LogP contribution in [-0.2, 0) is 9.59 Å². The van der Waals surface area contributed by atoms with Gasteiger partial charge in [-0.1, -0.05) is 29.4 Å². The van der Waals surface area contributed by atoms with E-state index in [1.54, 1.807) is 31.2 Å². The topological polar surface area (TPSA) is 70.0 Å². The van der Waals surface area contributed by atoms with Crippen LogP contribution in [0.25, 0.3) is 0 Å². The van der Waals surface area contributed by atoms with E-state index in [-0.39, 0.29) is 35.5 Å². The van der Waals surface area contributed by atoms with Crippen LogP contribution in [-0.4, -0.2) is 22.7 Å². The summed E-state index contributed by atoms with van der Waals surface area (Å²) >= 11 is 0. The van der Waals surface area contributed by atoms with Crippen LogP contribution in [0, 0.1) is 23.7 Å². The monoisotopic (exact) mass is 296 g/mol. The van der Waals surface area contributed by atoms with Crippen molar-refractivity contribution >= 4 is 23.2 Å². The Labute approximate surface area is 127 Å². The van der Waals surface area contributed by atoms with Gasteiger partial charge < -0.3 is 5.21 Å². The predicted molar refractivity (Wildman–Crippen MR) is 80.6 cm³/mol. The molecule has 4 atom stereocenters. The van der Waals surface area contributed by atoms with E-state index >= 15 is 0 Å². The number of amides is 2. The normalized spacial score (nSPS) is 33.0. The SMILES string of the molecule is C/C(=N\O)c1ccc(N2C(=O)[C@@H]3[C@H](C2=O)[C@@H]2C=C[C@H]3C2)cc1. The average molecular weight is 296 g/mol. The first-order valence-electron chi connectivity index (χ1n) is 7.47. The second kappa shape index (κ2) is 4.53. The molecule has 0 unspecified atom stereocenters. The van der Waals surface area contributed by atoms with E-state index in [9.17, 15) is 9.59 Å². The van der Waals surface area contributed by atoms with Gasteiger partial charge in [0.15, 0.2) is 0 Å². The number of imide groups is 1. The highest BCUT2D eigenvalue weighted by Crippen LogP contribution is 2.53. The lowest BCUT2D eigenvalue weighted by molar-refractivity contribution is -0.123. The molecule has 2 bridgehead atoms. The maximum absolute atomic E-state index is 12.7. The van der Waals surface area contributed by atoms with Crippen molar-refractivity contribution in [2.45, 2.75) is 13.3 Å². The standard InChI is InChI=1S/C17H16N2O3/c1-9(18-22)10-4-6-13(7-5-10)19-16(20)14-11-2-3-12(8-11)15(14)17(19)21/h2-7,11-12,14-15,22H,8H2,1H3/b18-9+/t11-,12+,14-,15+. The zero-order chi connectivity index (χ0) is 15.4. The Kier molecular flexibility index (Phi) is 2.73. The fourth-order valence-electron chi connectivity index (χ4n) is 4.07. The van der Waals surface area contributed by atoms with Crippen molar-refractivity contribution < 1.29 is 14.8 Å². The number of oxime groups is 1. The minimum atomic E-state index is -0.178. The van der Waals surface area contributed by atoms with E-state index in [1.165, 1.54) is 4.90 Å². The number of hydrogen-bond donors (Lipinski definition) is 1. The number of fused-ring (bicyclic) bond motifs is 5. The minimum absolute atomic E-state index is 0.0767. The smallest absolute Gasteiger partial charge is 0.238 e. The zero-order valence-electron chi connectivity index (χ0n) is 12.1. The Bertz CT molecular complexity index is 690. The van der Waals surface area contributed by atoms with Crippen LogP contribution < -0.4 is 4.90 Å². The summed E-state index contributed by atoms with van der Waals surface area (Å²) in [7, 11) is 0.